The largest absolute Gasteiger partial charge is 0.340 e. The highest BCUT2D eigenvalue weighted by molar-refractivity contribution is 6.31. The van der Waals surface area contributed by atoms with Gasteiger partial charge in [0.2, 0.25) is 5.91 Å². The fourth-order valence-electron chi connectivity index (χ4n) is 3.04. The smallest absolute Gasteiger partial charge is 0.224 e. The third-order valence-electron chi connectivity index (χ3n) is 4.59. The third kappa shape index (κ3) is 4.40. The predicted molar refractivity (Wildman–Crippen MR) is 94.8 cm³/mol. The molecule has 2 aromatic rings. The molecule has 0 aliphatic carbocycles. The molecular formula is C18H21ClF2N4O. The van der Waals surface area contributed by atoms with Crippen LogP contribution in [0.2, 0.25) is 5.02 Å². The Kier molecular flexibility index (Phi) is 5.88. The lowest BCUT2D eigenvalue weighted by atomic mass is 10.1. The van der Waals surface area contributed by atoms with E-state index in [1.165, 1.54) is 6.07 Å². The molecule has 3 rings (SSSR count). The zero-order chi connectivity index (χ0) is 18.7. The van der Waals surface area contributed by atoms with Crippen molar-refractivity contribution in [1.29, 1.82) is 0 Å². The Morgan fingerprint density at radius 3 is 2.62 bits per heavy atom. The molecule has 1 aliphatic rings. The summed E-state index contributed by atoms with van der Waals surface area (Å²) in [6.07, 6.45) is 2.08. The van der Waals surface area contributed by atoms with Crippen LogP contribution in [0.3, 0.4) is 0 Å². The van der Waals surface area contributed by atoms with E-state index in [4.69, 9.17) is 11.6 Å². The fourth-order valence-corrected chi connectivity index (χ4v) is 3.19. The van der Waals surface area contributed by atoms with Crippen LogP contribution in [0.1, 0.15) is 17.7 Å². The van der Waals surface area contributed by atoms with Crippen LogP contribution in [-0.2, 0) is 17.9 Å². The van der Waals surface area contributed by atoms with Gasteiger partial charge in [-0.05, 0) is 13.0 Å². The second-order valence-corrected chi connectivity index (χ2v) is 6.85. The van der Waals surface area contributed by atoms with Crippen molar-refractivity contribution in [3.63, 3.8) is 0 Å². The topological polar surface area (TPSA) is 41.4 Å². The average Bonchev–Trinajstić information content (AvgIpc) is 2.95. The number of amides is 1. The molecule has 1 aliphatic heterocycles. The van der Waals surface area contributed by atoms with Crippen LogP contribution in [0, 0.1) is 18.6 Å². The summed E-state index contributed by atoms with van der Waals surface area (Å²) in [7, 11) is 0. The maximum atomic E-state index is 13.8. The highest BCUT2D eigenvalue weighted by atomic mass is 35.5. The van der Waals surface area contributed by atoms with Crippen LogP contribution in [0.25, 0.3) is 0 Å². The molecule has 0 N–H and O–H groups in total. The summed E-state index contributed by atoms with van der Waals surface area (Å²) in [5.74, 6) is -1.56. The molecule has 140 valence electrons. The molecule has 1 saturated heterocycles. The van der Waals surface area contributed by atoms with Gasteiger partial charge >= 0.3 is 0 Å². The van der Waals surface area contributed by atoms with Crippen molar-refractivity contribution in [3.8, 4) is 0 Å². The number of nitrogens with zero attached hydrogens (tertiary/aromatic N) is 4. The van der Waals surface area contributed by atoms with E-state index in [1.54, 1.807) is 21.8 Å². The van der Waals surface area contributed by atoms with Crippen molar-refractivity contribution in [1.82, 2.24) is 19.6 Å². The van der Waals surface area contributed by atoms with Crippen molar-refractivity contribution >= 4 is 17.5 Å². The maximum Gasteiger partial charge on any atom is 0.224 e. The van der Waals surface area contributed by atoms with E-state index in [-0.39, 0.29) is 5.91 Å². The zero-order valence-corrected chi connectivity index (χ0v) is 15.3. The molecule has 1 fully saturated rings. The first kappa shape index (κ1) is 18.8. The van der Waals surface area contributed by atoms with Gasteiger partial charge in [0, 0.05) is 57.4 Å². The molecule has 0 spiro atoms. The molecule has 26 heavy (non-hydrogen) atoms. The predicted octanol–water partition coefficient (Wildman–Crippen LogP) is 2.86. The molecule has 0 atom stereocenters. The fraction of sp³-hybridized carbons (Fsp3) is 0.444. The number of hydrogen-bond donors (Lipinski definition) is 0. The SMILES string of the molecule is Cc1nn(CCC(=O)N2CCN(Cc3cccc(F)c3F)CC2)cc1Cl. The summed E-state index contributed by atoms with van der Waals surface area (Å²) in [6.45, 7) is 5.07. The van der Waals surface area contributed by atoms with Crippen molar-refractivity contribution in [2.75, 3.05) is 26.2 Å². The number of benzene rings is 1. The van der Waals surface area contributed by atoms with Crippen LogP contribution in [0.4, 0.5) is 8.78 Å². The summed E-state index contributed by atoms with van der Waals surface area (Å²) in [6, 6.07) is 4.22. The van der Waals surface area contributed by atoms with Crippen molar-refractivity contribution in [3.05, 3.63) is 52.3 Å². The number of piperazine rings is 1. The lowest BCUT2D eigenvalue weighted by molar-refractivity contribution is -0.133. The number of halogens is 3. The molecule has 8 heteroatoms. The Balaban J connectivity index is 1.47. The summed E-state index contributed by atoms with van der Waals surface area (Å²) in [5.41, 5.74) is 1.09. The Labute approximate surface area is 156 Å². The molecule has 1 aromatic carbocycles. The van der Waals surface area contributed by atoms with Crippen LogP contribution < -0.4 is 0 Å². The standard InChI is InChI=1S/C18H21ClF2N4O/c1-13-15(19)12-25(22-13)6-5-17(26)24-9-7-23(8-10-24)11-14-3-2-4-16(20)18(14)21/h2-4,12H,5-11H2,1H3. The minimum atomic E-state index is -0.828. The molecular weight excluding hydrogens is 362 g/mol. The van der Waals surface area contributed by atoms with Crippen LogP contribution in [0.5, 0.6) is 0 Å². The van der Waals surface area contributed by atoms with Crippen LogP contribution in [-0.4, -0.2) is 51.7 Å². The van der Waals surface area contributed by atoms with E-state index in [2.05, 4.69) is 5.10 Å². The molecule has 1 aromatic heterocycles. The number of aromatic nitrogens is 2. The number of aryl methyl sites for hydroxylation is 2. The summed E-state index contributed by atoms with van der Waals surface area (Å²) in [4.78, 5) is 16.2. The van der Waals surface area contributed by atoms with Gasteiger partial charge in [0.05, 0.1) is 10.7 Å². The first-order valence-corrected chi connectivity index (χ1v) is 8.94. The van der Waals surface area contributed by atoms with Crippen LogP contribution in [0.15, 0.2) is 24.4 Å². The van der Waals surface area contributed by atoms with E-state index in [1.807, 2.05) is 11.8 Å². The monoisotopic (exact) mass is 382 g/mol. The summed E-state index contributed by atoms with van der Waals surface area (Å²) in [5, 5.41) is 4.83. The Hall–Kier alpha value is -1.99. The summed E-state index contributed by atoms with van der Waals surface area (Å²) >= 11 is 5.96. The van der Waals surface area contributed by atoms with Gasteiger partial charge in [-0.25, -0.2) is 8.78 Å². The zero-order valence-electron chi connectivity index (χ0n) is 14.6. The van der Waals surface area contributed by atoms with Crippen molar-refractivity contribution in [2.24, 2.45) is 0 Å². The van der Waals surface area contributed by atoms with Gasteiger partial charge in [-0.1, -0.05) is 23.7 Å². The number of carbonyl (C=O) groups excluding carboxylic acids is 1. The van der Waals surface area contributed by atoms with E-state index in [0.717, 1.165) is 11.8 Å². The average molecular weight is 383 g/mol. The third-order valence-corrected chi connectivity index (χ3v) is 4.96. The minimum absolute atomic E-state index is 0.0610. The second-order valence-electron chi connectivity index (χ2n) is 6.45. The van der Waals surface area contributed by atoms with E-state index < -0.39 is 11.6 Å². The highest BCUT2D eigenvalue weighted by Gasteiger charge is 2.22. The van der Waals surface area contributed by atoms with Gasteiger partial charge in [-0.3, -0.25) is 14.4 Å². The number of hydrogen-bond acceptors (Lipinski definition) is 3. The normalized spacial score (nSPS) is 15.5. The van der Waals surface area contributed by atoms with Gasteiger partial charge in [-0.2, -0.15) is 5.10 Å². The molecule has 1 amide bonds. The van der Waals surface area contributed by atoms with Crippen LogP contribution >= 0.6 is 11.6 Å². The molecule has 0 saturated carbocycles. The summed E-state index contributed by atoms with van der Waals surface area (Å²) < 4.78 is 28.7. The van der Waals surface area contributed by atoms with Crippen molar-refractivity contribution < 1.29 is 13.6 Å². The highest BCUT2D eigenvalue weighted by Crippen LogP contribution is 2.16. The lowest BCUT2D eigenvalue weighted by Crippen LogP contribution is -2.48. The molecule has 2 heterocycles. The molecule has 0 radical (unpaired) electrons. The minimum Gasteiger partial charge on any atom is -0.340 e. The van der Waals surface area contributed by atoms with Crippen molar-refractivity contribution in [2.45, 2.75) is 26.4 Å². The second kappa shape index (κ2) is 8.14. The van der Waals surface area contributed by atoms with Gasteiger partial charge in [0.25, 0.3) is 0 Å². The van der Waals surface area contributed by atoms with Gasteiger partial charge in [-0.15, -0.1) is 0 Å². The first-order valence-electron chi connectivity index (χ1n) is 8.56. The van der Waals surface area contributed by atoms with Gasteiger partial charge in [0.1, 0.15) is 0 Å². The Morgan fingerprint density at radius 2 is 1.96 bits per heavy atom. The van der Waals surface area contributed by atoms with E-state index >= 15 is 0 Å². The Bertz CT molecular complexity index is 768. The Morgan fingerprint density at radius 1 is 1.23 bits per heavy atom. The number of carbonyl (C=O) groups is 1. The first-order chi connectivity index (χ1) is 12.4. The molecule has 0 unspecified atom stereocenters. The van der Waals surface area contributed by atoms with Gasteiger partial charge in [0.15, 0.2) is 11.6 Å². The van der Waals surface area contributed by atoms with E-state index in [9.17, 15) is 13.6 Å². The van der Waals surface area contributed by atoms with Gasteiger partial charge < -0.3 is 4.90 Å². The maximum absolute atomic E-state index is 13.8. The molecule has 5 nitrogen and oxygen atoms in total. The quantitative estimate of drug-likeness (QED) is 0.798. The van der Waals surface area contributed by atoms with E-state index in [0.29, 0.717) is 56.3 Å². The molecule has 0 bridgehead atoms. The lowest BCUT2D eigenvalue weighted by Gasteiger charge is -2.34. The number of rotatable bonds is 5.